The van der Waals surface area contributed by atoms with Gasteiger partial charge in [0.2, 0.25) is 11.0 Å². The van der Waals surface area contributed by atoms with Crippen molar-refractivity contribution >= 4 is 52.1 Å². The van der Waals surface area contributed by atoms with E-state index < -0.39 is 11.4 Å². The summed E-state index contributed by atoms with van der Waals surface area (Å²) in [7, 11) is 0. The number of carbonyl (C=O) groups excluding carboxylic acids is 2. The number of hydrogen-bond donors (Lipinski definition) is 1. The Morgan fingerprint density at radius 2 is 1.90 bits per heavy atom. The van der Waals surface area contributed by atoms with Gasteiger partial charge in [-0.3, -0.25) is 14.5 Å². The summed E-state index contributed by atoms with van der Waals surface area (Å²) < 4.78 is 5.84. The zero-order valence-electron chi connectivity index (χ0n) is 17.9. The molecule has 2 rings (SSSR count). The molecule has 1 aliphatic heterocycles. The van der Waals surface area contributed by atoms with E-state index in [1.54, 1.807) is 51.1 Å². The van der Waals surface area contributed by atoms with Crippen molar-refractivity contribution in [2.45, 2.75) is 39.5 Å². The number of halogens is 1. The molecule has 1 amide bonds. The van der Waals surface area contributed by atoms with E-state index in [4.69, 9.17) is 16.3 Å². The lowest BCUT2D eigenvalue weighted by molar-refractivity contribution is -0.152. The minimum atomic E-state index is -1.34. The van der Waals surface area contributed by atoms with Gasteiger partial charge in [-0.1, -0.05) is 45.4 Å². The Labute approximate surface area is 196 Å². The van der Waals surface area contributed by atoms with Crippen LogP contribution in [0.2, 0.25) is 5.02 Å². The molecule has 0 saturated carbocycles. The Hall–Kier alpha value is -1.90. The molecule has 0 radical (unpaired) electrons. The Morgan fingerprint density at radius 3 is 2.39 bits per heavy atom. The first-order valence-corrected chi connectivity index (χ1v) is 11.9. The zero-order valence-corrected chi connectivity index (χ0v) is 20.3. The molecule has 2 atom stereocenters. The van der Waals surface area contributed by atoms with Gasteiger partial charge in [0.15, 0.2) is 10.8 Å². The van der Waals surface area contributed by atoms with Crippen LogP contribution in [0, 0.1) is 11.3 Å². The van der Waals surface area contributed by atoms with Gasteiger partial charge in [-0.05, 0) is 42.4 Å². The molecule has 1 N–H and O–H groups in total. The predicted molar refractivity (Wildman–Crippen MR) is 126 cm³/mol. The number of β-lactam (4-membered cyclic amide) rings is 1. The Kier molecular flexibility index (Phi) is 8.68. The average molecular weight is 484 g/mol. The minimum absolute atomic E-state index is 0.151. The van der Waals surface area contributed by atoms with Crippen LogP contribution in [0.15, 0.2) is 47.7 Å². The molecule has 1 aromatic rings. The van der Waals surface area contributed by atoms with Gasteiger partial charge in [0, 0.05) is 16.2 Å². The van der Waals surface area contributed by atoms with Crippen LogP contribution in [0.4, 0.5) is 0 Å². The third-order valence-electron chi connectivity index (χ3n) is 4.44. The van der Waals surface area contributed by atoms with Crippen LogP contribution < -0.4 is 4.74 Å². The predicted octanol–water partition coefficient (Wildman–Crippen LogP) is 5.39. The highest BCUT2D eigenvalue weighted by atomic mass is 35.5. The number of nitrogens with zero attached hydrogens (tertiary/aromatic N) is 1. The maximum absolute atomic E-state index is 12.8. The summed E-state index contributed by atoms with van der Waals surface area (Å²) >= 11 is 8.03. The number of likely N-dealkylation sites (tertiary alicyclic amines) is 1. The third-order valence-corrected chi connectivity index (χ3v) is 7.26. The van der Waals surface area contributed by atoms with Gasteiger partial charge >= 0.3 is 5.97 Å². The van der Waals surface area contributed by atoms with E-state index in [1.165, 1.54) is 16.7 Å². The van der Waals surface area contributed by atoms with Gasteiger partial charge < -0.3 is 9.84 Å². The third kappa shape index (κ3) is 6.08. The molecule has 0 aliphatic carbocycles. The fraction of sp³-hybridized carbons (Fsp3) is 0.409. The van der Waals surface area contributed by atoms with Crippen molar-refractivity contribution in [3.63, 3.8) is 0 Å². The molecule has 6 nitrogen and oxygen atoms in total. The Balaban J connectivity index is 2.55. The number of ether oxygens (including phenoxy) is 1. The normalized spacial score (nSPS) is 19.4. The summed E-state index contributed by atoms with van der Waals surface area (Å²) in [4.78, 5) is 39.1. The standard InChI is InChI=1S/C22H26ClNO5S2/c1-6-12-30-18-15(7-2)17(25)24(18)16(19(26)27)20(31-21(28)22(3,4)5)29-14-10-8-13(23)9-11-14/h6,8-11,15,18H,1,7,12H2,2-5H3,(H,26,27). The first-order valence-electron chi connectivity index (χ1n) is 9.70. The van der Waals surface area contributed by atoms with Crippen molar-refractivity contribution in [3.8, 4) is 5.75 Å². The summed E-state index contributed by atoms with van der Waals surface area (Å²) in [5, 5.41) is 9.70. The van der Waals surface area contributed by atoms with E-state index in [0.29, 0.717) is 34.7 Å². The van der Waals surface area contributed by atoms with Gasteiger partial charge in [0.25, 0.3) is 0 Å². The van der Waals surface area contributed by atoms with Gasteiger partial charge in [0.05, 0.1) is 11.3 Å². The van der Waals surface area contributed by atoms with Crippen LogP contribution >= 0.6 is 35.1 Å². The molecule has 31 heavy (non-hydrogen) atoms. The maximum atomic E-state index is 12.8. The molecular weight excluding hydrogens is 458 g/mol. The molecule has 0 bridgehead atoms. The molecule has 1 fully saturated rings. The Morgan fingerprint density at radius 1 is 1.29 bits per heavy atom. The van der Waals surface area contributed by atoms with Gasteiger partial charge in [-0.25, -0.2) is 4.79 Å². The number of amides is 1. The second kappa shape index (κ2) is 10.6. The summed E-state index contributed by atoms with van der Waals surface area (Å²) in [6, 6.07) is 6.33. The van der Waals surface area contributed by atoms with Crippen LogP contribution in [-0.4, -0.2) is 38.1 Å². The lowest BCUT2D eigenvalue weighted by Gasteiger charge is -2.46. The van der Waals surface area contributed by atoms with Crippen LogP contribution in [0.25, 0.3) is 0 Å². The molecule has 1 saturated heterocycles. The molecule has 1 aromatic carbocycles. The van der Waals surface area contributed by atoms with Gasteiger partial charge in [0.1, 0.15) is 5.75 Å². The SMILES string of the molecule is C=CCSC1C(CC)C(=O)N1C(C(=O)O)=C(Oc1ccc(Cl)cc1)SC(=O)C(C)(C)C. The van der Waals surface area contributed by atoms with Crippen LogP contribution in [0.5, 0.6) is 5.75 Å². The monoisotopic (exact) mass is 483 g/mol. The molecule has 1 aliphatic rings. The van der Waals surface area contributed by atoms with Crippen molar-refractivity contribution < 1.29 is 24.2 Å². The summed E-state index contributed by atoms with van der Waals surface area (Å²) in [5.74, 6) is -1.09. The van der Waals surface area contributed by atoms with Crippen molar-refractivity contribution in [3.05, 3.63) is 52.7 Å². The van der Waals surface area contributed by atoms with Crippen molar-refractivity contribution in [1.29, 1.82) is 0 Å². The second-order valence-corrected chi connectivity index (χ2v) is 10.4. The van der Waals surface area contributed by atoms with Crippen molar-refractivity contribution in [2.24, 2.45) is 11.3 Å². The highest BCUT2D eigenvalue weighted by Gasteiger charge is 2.51. The largest absolute Gasteiger partial charge is 0.476 e. The summed E-state index contributed by atoms with van der Waals surface area (Å²) in [6.45, 7) is 10.8. The lowest BCUT2D eigenvalue weighted by Crippen LogP contribution is -2.59. The van der Waals surface area contributed by atoms with Crippen LogP contribution in [0.3, 0.4) is 0 Å². The maximum Gasteiger partial charge on any atom is 0.357 e. The van der Waals surface area contributed by atoms with E-state index in [-0.39, 0.29) is 33.1 Å². The number of aliphatic carboxylic acids is 1. The molecular formula is C22H26ClNO5S2. The molecule has 0 aromatic heterocycles. The number of thioether (sulfide) groups is 2. The highest BCUT2D eigenvalue weighted by Crippen LogP contribution is 2.43. The second-order valence-electron chi connectivity index (χ2n) is 7.87. The van der Waals surface area contributed by atoms with Gasteiger partial charge in [-0.15, -0.1) is 18.3 Å². The van der Waals surface area contributed by atoms with E-state index in [1.807, 2.05) is 6.92 Å². The highest BCUT2D eigenvalue weighted by molar-refractivity contribution is 8.16. The quantitative estimate of drug-likeness (QED) is 0.218. The summed E-state index contributed by atoms with van der Waals surface area (Å²) in [5.41, 5.74) is -1.08. The fourth-order valence-electron chi connectivity index (χ4n) is 2.75. The van der Waals surface area contributed by atoms with Gasteiger partial charge in [-0.2, -0.15) is 0 Å². The first-order chi connectivity index (χ1) is 14.5. The number of carbonyl (C=O) groups is 3. The fourth-order valence-corrected chi connectivity index (χ4v) is 5.00. The van der Waals surface area contributed by atoms with E-state index >= 15 is 0 Å². The Bertz CT molecular complexity index is 892. The topological polar surface area (TPSA) is 83.9 Å². The number of carboxylic acid groups (broad SMARTS) is 1. The zero-order chi connectivity index (χ0) is 23.3. The number of hydrogen-bond acceptors (Lipinski definition) is 6. The smallest absolute Gasteiger partial charge is 0.357 e. The average Bonchev–Trinajstić information content (AvgIpc) is 2.69. The molecule has 9 heteroatoms. The number of benzene rings is 1. The molecule has 1 heterocycles. The van der Waals surface area contributed by atoms with E-state index in [0.717, 1.165) is 0 Å². The van der Waals surface area contributed by atoms with Crippen LogP contribution in [-0.2, 0) is 14.4 Å². The number of rotatable bonds is 9. The molecule has 2 unspecified atom stereocenters. The van der Waals surface area contributed by atoms with Crippen molar-refractivity contribution in [1.82, 2.24) is 4.90 Å². The minimum Gasteiger partial charge on any atom is -0.476 e. The van der Waals surface area contributed by atoms with Crippen LogP contribution in [0.1, 0.15) is 34.1 Å². The molecule has 168 valence electrons. The molecule has 0 spiro atoms. The first kappa shape index (κ1) is 25.4. The lowest BCUT2D eigenvalue weighted by atomic mass is 9.94. The van der Waals surface area contributed by atoms with E-state index in [9.17, 15) is 19.5 Å². The van der Waals surface area contributed by atoms with E-state index in [2.05, 4.69) is 6.58 Å². The van der Waals surface area contributed by atoms with Crippen molar-refractivity contribution in [2.75, 3.05) is 5.75 Å². The summed E-state index contributed by atoms with van der Waals surface area (Å²) in [6.07, 6.45) is 2.28. The number of carboxylic acids is 1.